The zero-order valence-corrected chi connectivity index (χ0v) is 12.1. The van der Waals surface area contributed by atoms with Crippen molar-refractivity contribution >= 4 is 38.7 Å². The quantitative estimate of drug-likeness (QED) is 0.799. The Hall–Kier alpha value is -1.96. The molecule has 98 valence electrons. The number of halogens is 1. The minimum absolute atomic E-state index is 0.508. The Morgan fingerprint density at radius 2 is 2.21 bits per heavy atom. The molecule has 0 unspecified atom stereocenters. The maximum absolute atomic E-state index is 4.47. The van der Waals surface area contributed by atoms with Gasteiger partial charge in [0.05, 0.1) is 5.39 Å². The molecule has 7 nitrogen and oxygen atoms in total. The highest BCUT2D eigenvalue weighted by Crippen LogP contribution is 2.22. The van der Waals surface area contributed by atoms with Gasteiger partial charge in [-0.3, -0.25) is 4.68 Å². The van der Waals surface area contributed by atoms with Crippen molar-refractivity contribution in [2.24, 2.45) is 7.05 Å². The van der Waals surface area contributed by atoms with E-state index in [2.05, 4.69) is 41.4 Å². The van der Waals surface area contributed by atoms with Crippen LogP contribution in [0.3, 0.4) is 0 Å². The summed E-state index contributed by atoms with van der Waals surface area (Å²) in [5.41, 5.74) is 0.794. The highest BCUT2D eigenvalue weighted by Gasteiger charge is 2.11. The summed E-state index contributed by atoms with van der Waals surface area (Å²) in [5.74, 6) is 1.22. The second-order valence-electron chi connectivity index (χ2n) is 4.04. The van der Waals surface area contributed by atoms with Gasteiger partial charge in [-0.25, -0.2) is 9.67 Å². The van der Waals surface area contributed by atoms with Crippen molar-refractivity contribution in [3.8, 4) is 0 Å². The lowest BCUT2D eigenvalue weighted by atomic mass is 10.4. The fourth-order valence-corrected chi connectivity index (χ4v) is 2.27. The van der Waals surface area contributed by atoms with Crippen LogP contribution in [0.1, 0.15) is 6.92 Å². The molecule has 0 fully saturated rings. The van der Waals surface area contributed by atoms with Crippen molar-refractivity contribution in [2.75, 3.05) is 5.32 Å². The van der Waals surface area contributed by atoms with Crippen molar-refractivity contribution < 1.29 is 0 Å². The van der Waals surface area contributed by atoms with Gasteiger partial charge in [0.1, 0.15) is 4.60 Å². The SMILES string of the molecule is CCn1nc(Br)c2cnc(Nc3ccn(C)n3)nc21. The highest BCUT2D eigenvalue weighted by atomic mass is 79.9. The minimum Gasteiger partial charge on any atom is -0.307 e. The third-order valence-electron chi connectivity index (χ3n) is 2.70. The molecular formula is C11H12BrN7. The van der Waals surface area contributed by atoms with Crippen LogP contribution in [0, 0.1) is 0 Å². The van der Waals surface area contributed by atoms with Gasteiger partial charge in [0.2, 0.25) is 5.95 Å². The van der Waals surface area contributed by atoms with Crippen LogP contribution in [0.2, 0.25) is 0 Å². The van der Waals surface area contributed by atoms with E-state index in [0.29, 0.717) is 11.8 Å². The first-order valence-corrected chi connectivity index (χ1v) is 6.62. The van der Waals surface area contributed by atoms with Gasteiger partial charge >= 0.3 is 0 Å². The normalized spacial score (nSPS) is 11.1. The van der Waals surface area contributed by atoms with Crippen LogP contribution in [0.5, 0.6) is 0 Å². The van der Waals surface area contributed by atoms with Crippen molar-refractivity contribution in [1.29, 1.82) is 0 Å². The zero-order valence-electron chi connectivity index (χ0n) is 10.5. The molecule has 3 rings (SSSR count). The summed E-state index contributed by atoms with van der Waals surface area (Å²) in [6, 6.07) is 1.86. The number of hydrogen-bond donors (Lipinski definition) is 1. The van der Waals surface area contributed by atoms with E-state index < -0.39 is 0 Å². The summed E-state index contributed by atoms with van der Waals surface area (Å²) in [5, 5.41) is 12.5. The molecule has 0 aromatic carbocycles. The Bertz CT molecular complexity index is 730. The van der Waals surface area contributed by atoms with Crippen molar-refractivity contribution in [2.45, 2.75) is 13.5 Å². The molecule has 3 aromatic heterocycles. The maximum atomic E-state index is 4.47. The molecular weight excluding hydrogens is 310 g/mol. The number of aromatic nitrogens is 6. The van der Waals surface area contributed by atoms with E-state index in [-0.39, 0.29) is 0 Å². The van der Waals surface area contributed by atoms with Gasteiger partial charge in [-0.15, -0.1) is 0 Å². The van der Waals surface area contributed by atoms with E-state index in [1.165, 1.54) is 0 Å². The molecule has 0 aliphatic rings. The fraction of sp³-hybridized carbons (Fsp3) is 0.273. The second kappa shape index (κ2) is 4.61. The number of hydrogen-bond acceptors (Lipinski definition) is 5. The smallest absolute Gasteiger partial charge is 0.230 e. The van der Waals surface area contributed by atoms with E-state index in [1.54, 1.807) is 10.9 Å². The molecule has 0 radical (unpaired) electrons. The third kappa shape index (κ3) is 2.19. The van der Waals surface area contributed by atoms with Crippen LogP contribution in [0.4, 0.5) is 11.8 Å². The van der Waals surface area contributed by atoms with E-state index in [9.17, 15) is 0 Å². The van der Waals surface area contributed by atoms with Crippen molar-refractivity contribution in [3.63, 3.8) is 0 Å². The van der Waals surface area contributed by atoms with E-state index >= 15 is 0 Å². The Kier molecular flexibility index (Phi) is 2.94. The summed E-state index contributed by atoms with van der Waals surface area (Å²) >= 11 is 3.41. The highest BCUT2D eigenvalue weighted by molar-refractivity contribution is 9.10. The predicted molar refractivity (Wildman–Crippen MR) is 75.2 cm³/mol. The number of anilines is 2. The molecule has 0 aliphatic heterocycles. The van der Waals surface area contributed by atoms with Crippen molar-refractivity contribution in [3.05, 3.63) is 23.1 Å². The Morgan fingerprint density at radius 3 is 2.89 bits per heavy atom. The minimum atomic E-state index is 0.508. The molecule has 0 aliphatic carbocycles. The molecule has 0 spiro atoms. The largest absolute Gasteiger partial charge is 0.307 e. The lowest BCUT2D eigenvalue weighted by Gasteiger charge is -2.02. The maximum Gasteiger partial charge on any atom is 0.230 e. The number of nitrogens with zero attached hydrogens (tertiary/aromatic N) is 6. The first-order chi connectivity index (χ1) is 9.17. The molecule has 0 saturated carbocycles. The number of aryl methyl sites for hydroxylation is 2. The monoisotopic (exact) mass is 321 g/mol. The molecule has 0 bridgehead atoms. The summed E-state index contributed by atoms with van der Waals surface area (Å²) in [6.07, 6.45) is 3.60. The van der Waals surface area contributed by atoms with Gasteiger partial charge in [0.15, 0.2) is 11.5 Å². The molecule has 19 heavy (non-hydrogen) atoms. The van der Waals surface area contributed by atoms with Gasteiger partial charge < -0.3 is 5.32 Å². The lowest BCUT2D eigenvalue weighted by molar-refractivity contribution is 0.671. The molecule has 1 N–H and O–H groups in total. The fourth-order valence-electron chi connectivity index (χ4n) is 1.80. The van der Waals surface area contributed by atoms with Crippen LogP contribution < -0.4 is 5.32 Å². The first kappa shape index (κ1) is 12.1. The molecule has 3 aromatic rings. The van der Waals surface area contributed by atoms with Crippen LogP contribution >= 0.6 is 15.9 Å². The Labute approximate surface area is 117 Å². The zero-order chi connectivity index (χ0) is 13.4. The lowest BCUT2D eigenvalue weighted by Crippen LogP contribution is -2.02. The number of fused-ring (bicyclic) bond motifs is 1. The second-order valence-corrected chi connectivity index (χ2v) is 4.79. The summed E-state index contributed by atoms with van der Waals surface area (Å²) in [6.45, 7) is 2.77. The van der Waals surface area contributed by atoms with E-state index in [4.69, 9.17) is 0 Å². The van der Waals surface area contributed by atoms with Crippen LogP contribution in [-0.4, -0.2) is 29.5 Å². The summed E-state index contributed by atoms with van der Waals surface area (Å²) < 4.78 is 4.30. The Morgan fingerprint density at radius 1 is 1.37 bits per heavy atom. The van der Waals surface area contributed by atoms with E-state index in [1.807, 2.05) is 30.9 Å². The average Bonchev–Trinajstić information content (AvgIpc) is 2.94. The van der Waals surface area contributed by atoms with Gasteiger partial charge in [0.25, 0.3) is 0 Å². The predicted octanol–water partition coefficient (Wildman–Crippen LogP) is 2.09. The summed E-state index contributed by atoms with van der Waals surface area (Å²) in [4.78, 5) is 8.74. The van der Waals surface area contributed by atoms with Crippen LogP contribution in [0.15, 0.2) is 23.1 Å². The standard InChI is InChI=1S/C11H12BrN7/c1-3-19-10-7(9(12)17-19)6-13-11(15-10)14-8-4-5-18(2)16-8/h4-6H,3H2,1-2H3,(H,13,14,15,16). The molecule has 8 heteroatoms. The first-order valence-electron chi connectivity index (χ1n) is 5.83. The van der Waals surface area contributed by atoms with Crippen LogP contribution in [-0.2, 0) is 13.6 Å². The topological polar surface area (TPSA) is 73.5 Å². The van der Waals surface area contributed by atoms with Crippen LogP contribution in [0.25, 0.3) is 11.0 Å². The summed E-state index contributed by atoms with van der Waals surface area (Å²) in [7, 11) is 1.86. The number of nitrogens with one attached hydrogen (secondary N) is 1. The average molecular weight is 322 g/mol. The van der Waals surface area contributed by atoms with Gasteiger partial charge in [0, 0.05) is 32.1 Å². The Balaban J connectivity index is 2.01. The number of rotatable bonds is 3. The van der Waals surface area contributed by atoms with Gasteiger partial charge in [-0.05, 0) is 22.9 Å². The molecule has 0 amide bonds. The van der Waals surface area contributed by atoms with E-state index in [0.717, 1.165) is 22.2 Å². The van der Waals surface area contributed by atoms with Gasteiger partial charge in [-0.1, -0.05) is 0 Å². The molecule has 3 heterocycles. The van der Waals surface area contributed by atoms with Crippen molar-refractivity contribution in [1.82, 2.24) is 29.5 Å². The molecule has 0 atom stereocenters. The van der Waals surface area contributed by atoms with Gasteiger partial charge in [-0.2, -0.15) is 15.2 Å². The third-order valence-corrected chi connectivity index (χ3v) is 3.28. The molecule has 0 saturated heterocycles.